The second-order valence-corrected chi connectivity index (χ2v) is 6.35. The van der Waals surface area contributed by atoms with Crippen LogP contribution in [-0.4, -0.2) is 35.1 Å². The number of hydrogen-bond acceptors (Lipinski definition) is 7. The Balaban J connectivity index is 2.27. The van der Waals surface area contributed by atoms with Gasteiger partial charge in [-0.15, -0.1) is 0 Å². The van der Waals surface area contributed by atoms with Crippen molar-refractivity contribution >= 4 is 40.7 Å². The Morgan fingerprint density at radius 3 is 2.23 bits per heavy atom. The Morgan fingerprint density at radius 2 is 1.55 bits per heavy atom. The molecule has 0 amide bonds. The molecule has 0 saturated carbocycles. The molecule has 0 radical (unpaired) electrons. The number of benzene rings is 2. The lowest BCUT2D eigenvalue weighted by atomic mass is 9.99. The van der Waals surface area contributed by atoms with E-state index >= 15 is 0 Å². The molecule has 0 aliphatic heterocycles. The molecule has 0 atom stereocenters. The van der Waals surface area contributed by atoms with Crippen LogP contribution in [0.25, 0.3) is 23.1 Å². The van der Waals surface area contributed by atoms with Crippen LogP contribution in [0.15, 0.2) is 48.5 Å². The summed E-state index contributed by atoms with van der Waals surface area (Å²) in [6.45, 7) is 3.54. The van der Waals surface area contributed by atoms with Crippen LogP contribution < -0.4 is 0 Å². The van der Waals surface area contributed by atoms with Gasteiger partial charge in [0.15, 0.2) is 0 Å². The zero-order chi connectivity index (χ0) is 22.4. The summed E-state index contributed by atoms with van der Waals surface area (Å²) in [6, 6.07) is 13.0. The van der Waals surface area contributed by atoms with E-state index in [0.717, 1.165) is 0 Å². The number of hydrogen-bond donors (Lipinski definition) is 0. The number of nitro groups is 1. The maximum atomic E-state index is 12.8. The Bertz CT molecular complexity index is 1190. The number of nitrogens with zero attached hydrogens (tertiary/aromatic N) is 2. The second kappa shape index (κ2) is 9.62. The first kappa shape index (κ1) is 21.6. The smallest absolute Gasteiger partial charge is 0.341 e. The van der Waals surface area contributed by atoms with E-state index in [1.54, 1.807) is 56.3 Å². The van der Waals surface area contributed by atoms with Crippen molar-refractivity contribution in [3.63, 3.8) is 0 Å². The van der Waals surface area contributed by atoms with Crippen molar-refractivity contribution < 1.29 is 24.0 Å². The highest BCUT2D eigenvalue weighted by Crippen LogP contribution is 2.28. The van der Waals surface area contributed by atoms with Gasteiger partial charge in [-0.25, -0.2) is 14.6 Å². The summed E-state index contributed by atoms with van der Waals surface area (Å²) in [7, 11) is 0. The van der Waals surface area contributed by atoms with Gasteiger partial charge in [0.2, 0.25) is 0 Å². The first-order valence-corrected chi connectivity index (χ1v) is 9.66. The predicted octanol–water partition coefficient (Wildman–Crippen LogP) is 4.67. The third-order valence-corrected chi connectivity index (χ3v) is 4.43. The van der Waals surface area contributed by atoms with E-state index in [1.165, 1.54) is 18.2 Å². The Morgan fingerprint density at radius 1 is 0.935 bits per heavy atom. The Kier molecular flexibility index (Phi) is 6.71. The summed E-state index contributed by atoms with van der Waals surface area (Å²) in [5.74, 6) is -1.41. The molecule has 0 aliphatic carbocycles. The molecule has 1 aromatic heterocycles. The van der Waals surface area contributed by atoms with Gasteiger partial charge >= 0.3 is 11.9 Å². The molecule has 0 bridgehead atoms. The number of carbonyl (C=O) groups is 2. The van der Waals surface area contributed by atoms with Gasteiger partial charge in [-0.3, -0.25) is 10.1 Å². The van der Waals surface area contributed by atoms with Crippen LogP contribution >= 0.6 is 0 Å². The maximum absolute atomic E-state index is 12.8. The van der Waals surface area contributed by atoms with Crippen LogP contribution in [0.3, 0.4) is 0 Å². The standard InChI is InChI=1S/C23H20N2O6/c1-3-30-22(26)20-16-10-6-7-11-17(16)24-18(21(20)23(27)31-4-2)14-13-15-9-5-8-12-19(15)25(28)29/h5-14H,3-4H2,1-2H3/b14-13+. The third kappa shape index (κ3) is 4.58. The molecule has 0 fully saturated rings. The molecule has 0 N–H and O–H groups in total. The van der Waals surface area contributed by atoms with Crippen molar-refractivity contribution in [1.82, 2.24) is 4.98 Å². The lowest BCUT2D eigenvalue weighted by molar-refractivity contribution is -0.385. The molecule has 0 unspecified atom stereocenters. The molecular weight excluding hydrogens is 400 g/mol. The van der Waals surface area contributed by atoms with E-state index in [9.17, 15) is 19.7 Å². The fourth-order valence-corrected chi connectivity index (χ4v) is 3.14. The molecule has 0 aliphatic rings. The van der Waals surface area contributed by atoms with Crippen molar-refractivity contribution in [2.75, 3.05) is 13.2 Å². The highest BCUT2D eigenvalue weighted by atomic mass is 16.6. The summed E-state index contributed by atoms with van der Waals surface area (Å²) in [5, 5.41) is 11.8. The monoisotopic (exact) mass is 420 g/mol. The minimum atomic E-state index is -0.731. The molecule has 0 spiro atoms. The zero-order valence-electron chi connectivity index (χ0n) is 17.0. The van der Waals surface area contributed by atoms with Crippen LogP contribution in [-0.2, 0) is 9.47 Å². The van der Waals surface area contributed by atoms with E-state index in [4.69, 9.17) is 9.47 Å². The van der Waals surface area contributed by atoms with E-state index in [2.05, 4.69) is 4.98 Å². The molecule has 2 aromatic carbocycles. The first-order chi connectivity index (χ1) is 15.0. The summed E-state index contributed by atoms with van der Waals surface area (Å²) in [4.78, 5) is 40.9. The number of carbonyl (C=O) groups excluding carboxylic acids is 2. The van der Waals surface area contributed by atoms with Crippen molar-refractivity contribution in [2.45, 2.75) is 13.8 Å². The van der Waals surface area contributed by atoms with Gasteiger partial charge < -0.3 is 9.47 Å². The molecule has 0 saturated heterocycles. The van der Waals surface area contributed by atoms with Crippen molar-refractivity contribution in [1.29, 1.82) is 0 Å². The normalized spacial score (nSPS) is 10.9. The molecule has 3 aromatic rings. The second-order valence-electron chi connectivity index (χ2n) is 6.35. The lowest BCUT2D eigenvalue weighted by Gasteiger charge is -2.14. The number of pyridine rings is 1. The molecule has 8 heteroatoms. The van der Waals surface area contributed by atoms with Crippen LogP contribution in [0.2, 0.25) is 0 Å². The van der Waals surface area contributed by atoms with Crippen molar-refractivity contribution in [3.05, 3.63) is 81.0 Å². The summed E-state index contributed by atoms with van der Waals surface area (Å²) in [5.41, 5.74) is 0.860. The van der Waals surface area contributed by atoms with E-state index in [1.807, 2.05) is 0 Å². The fourth-order valence-electron chi connectivity index (χ4n) is 3.14. The van der Waals surface area contributed by atoms with Crippen LogP contribution in [0, 0.1) is 10.1 Å². The number of fused-ring (bicyclic) bond motifs is 1. The average Bonchev–Trinajstić information content (AvgIpc) is 2.77. The highest BCUT2D eigenvalue weighted by molar-refractivity contribution is 6.13. The Hall–Kier alpha value is -4.07. The number of para-hydroxylation sites is 2. The summed E-state index contributed by atoms with van der Waals surface area (Å²) < 4.78 is 10.4. The van der Waals surface area contributed by atoms with Crippen molar-refractivity contribution in [2.24, 2.45) is 0 Å². The van der Waals surface area contributed by atoms with Gasteiger partial charge in [0.25, 0.3) is 5.69 Å². The highest BCUT2D eigenvalue weighted by Gasteiger charge is 2.26. The first-order valence-electron chi connectivity index (χ1n) is 9.66. The average molecular weight is 420 g/mol. The van der Waals surface area contributed by atoms with Crippen LogP contribution in [0.1, 0.15) is 45.8 Å². The number of ether oxygens (including phenoxy) is 2. The van der Waals surface area contributed by atoms with Gasteiger partial charge in [0.05, 0.1) is 40.5 Å². The Labute approximate surface area is 178 Å². The number of nitro benzene ring substituents is 1. The molecule has 3 rings (SSSR count). The fraction of sp³-hybridized carbons (Fsp3) is 0.174. The number of esters is 2. The third-order valence-electron chi connectivity index (χ3n) is 4.43. The SMILES string of the molecule is CCOC(=O)c1c(/C=C/c2ccccc2[N+](=O)[O-])nc2ccccc2c1C(=O)OCC. The topological polar surface area (TPSA) is 109 Å². The molecule has 1 heterocycles. The lowest BCUT2D eigenvalue weighted by Crippen LogP contribution is -2.17. The van der Waals surface area contributed by atoms with Gasteiger partial charge in [0.1, 0.15) is 5.56 Å². The molecule has 31 heavy (non-hydrogen) atoms. The van der Waals surface area contributed by atoms with Crippen LogP contribution in [0.5, 0.6) is 0 Å². The largest absolute Gasteiger partial charge is 0.462 e. The van der Waals surface area contributed by atoms with Crippen molar-refractivity contribution in [3.8, 4) is 0 Å². The number of aromatic nitrogens is 1. The minimum Gasteiger partial charge on any atom is -0.462 e. The zero-order valence-corrected chi connectivity index (χ0v) is 17.0. The summed E-state index contributed by atoms with van der Waals surface area (Å²) in [6.07, 6.45) is 2.94. The van der Waals surface area contributed by atoms with E-state index in [-0.39, 0.29) is 35.7 Å². The van der Waals surface area contributed by atoms with Gasteiger partial charge in [-0.05, 0) is 38.1 Å². The maximum Gasteiger partial charge on any atom is 0.341 e. The van der Waals surface area contributed by atoms with Gasteiger partial charge in [0, 0.05) is 11.5 Å². The minimum absolute atomic E-state index is 0.0474. The predicted molar refractivity (Wildman–Crippen MR) is 116 cm³/mol. The molecule has 8 nitrogen and oxygen atoms in total. The van der Waals surface area contributed by atoms with E-state index < -0.39 is 16.9 Å². The van der Waals surface area contributed by atoms with E-state index in [0.29, 0.717) is 16.5 Å². The van der Waals surface area contributed by atoms with Crippen LogP contribution in [0.4, 0.5) is 5.69 Å². The van der Waals surface area contributed by atoms with Gasteiger partial charge in [-0.2, -0.15) is 0 Å². The molecule has 158 valence electrons. The summed E-state index contributed by atoms with van der Waals surface area (Å²) >= 11 is 0. The quantitative estimate of drug-likeness (QED) is 0.310. The van der Waals surface area contributed by atoms with Gasteiger partial charge in [-0.1, -0.05) is 30.3 Å². The number of rotatable bonds is 7. The molecular formula is C23H20N2O6.